The van der Waals surface area contributed by atoms with E-state index in [2.05, 4.69) is 25.2 Å². The third-order valence-corrected chi connectivity index (χ3v) is 6.04. The van der Waals surface area contributed by atoms with Crippen LogP contribution in [-0.2, 0) is 0 Å². The Bertz CT molecular complexity index is 1240. The molecule has 2 aromatic heterocycles. The number of hydrogen-bond acceptors (Lipinski definition) is 7. The topological polar surface area (TPSA) is 83.5 Å². The van der Waals surface area contributed by atoms with E-state index in [0.29, 0.717) is 29.1 Å². The Morgan fingerprint density at radius 1 is 1.23 bits per heavy atom. The maximum absolute atomic E-state index is 14.7. The molecule has 1 aromatic carbocycles. The second kappa shape index (κ2) is 10.0. The molecule has 3 aromatic rings. The van der Waals surface area contributed by atoms with Crippen LogP contribution in [0.2, 0.25) is 0 Å². The molecule has 3 heterocycles. The highest BCUT2D eigenvalue weighted by Crippen LogP contribution is 2.31. The molecule has 186 valence electrons. The molecule has 4 rings (SSSR count). The molecular formula is C24H27F3N6O2. The Labute approximate surface area is 201 Å². The number of aromatic nitrogens is 3. The first-order valence-electron chi connectivity index (χ1n) is 11.3. The van der Waals surface area contributed by atoms with Crippen molar-refractivity contribution in [2.45, 2.75) is 39.3 Å². The number of aryl methyl sites for hydroxylation is 1. The van der Waals surface area contributed by atoms with Crippen molar-refractivity contribution < 1.29 is 22.7 Å². The molecule has 35 heavy (non-hydrogen) atoms. The first kappa shape index (κ1) is 24.6. The number of amides is 1. The standard InChI is InChI=1S/C24H27F3N6O2/c1-13-12-32(4)8-9-33(13)24(34)35-20-10-18-19(11-28-20)30-15(3)31-23(18)29-14(2)16-6-5-7-17(21(16)25)22(26)27/h5-7,10-11,13-14,22H,8-9,12H2,1-4H3,(H,29,30,31)/t13?,14-/m1/s1. The molecule has 1 aliphatic heterocycles. The van der Waals surface area contributed by atoms with Crippen LogP contribution in [0.5, 0.6) is 5.88 Å². The van der Waals surface area contributed by atoms with Gasteiger partial charge in [0, 0.05) is 42.7 Å². The number of benzene rings is 1. The second-order valence-electron chi connectivity index (χ2n) is 8.75. The number of carbonyl (C=O) groups excluding carboxylic acids is 1. The van der Waals surface area contributed by atoms with Crippen molar-refractivity contribution in [1.29, 1.82) is 0 Å². The first-order chi connectivity index (χ1) is 16.6. The Hall–Kier alpha value is -3.47. The molecule has 0 saturated carbocycles. The summed E-state index contributed by atoms with van der Waals surface area (Å²) in [7, 11) is 2.00. The maximum atomic E-state index is 14.7. The summed E-state index contributed by atoms with van der Waals surface area (Å²) in [6.07, 6.45) is -1.96. The Balaban J connectivity index is 1.61. The number of nitrogens with one attached hydrogen (secondary N) is 1. The minimum atomic E-state index is -2.92. The quantitative estimate of drug-likeness (QED) is 0.557. The highest BCUT2D eigenvalue weighted by molar-refractivity contribution is 5.89. The van der Waals surface area contributed by atoms with E-state index < -0.39 is 29.9 Å². The number of carbonyl (C=O) groups is 1. The molecule has 1 N–H and O–H groups in total. The van der Waals surface area contributed by atoms with Gasteiger partial charge < -0.3 is 19.9 Å². The number of piperazine rings is 1. The van der Waals surface area contributed by atoms with E-state index >= 15 is 0 Å². The van der Waals surface area contributed by atoms with Crippen molar-refractivity contribution in [2.24, 2.45) is 0 Å². The van der Waals surface area contributed by atoms with Crippen LogP contribution in [0.25, 0.3) is 10.9 Å². The van der Waals surface area contributed by atoms with Gasteiger partial charge in [-0.25, -0.2) is 32.9 Å². The zero-order chi connectivity index (χ0) is 25.3. The largest absolute Gasteiger partial charge is 0.416 e. The molecule has 0 bridgehead atoms. The summed E-state index contributed by atoms with van der Waals surface area (Å²) >= 11 is 0. The lowest BCUT2D eigenvalue weighted by molar-refractivity contribution is 0.0883. The third-order valence-electron chi connectivity index (χ3n) is 6.04. The van der Waals surface area contributed by atoms with Crippen molar-refractivity contribution in [2.75, 3.05) is 32.0 Å². The third kappa shape index (κ3) is 5.29. The lowest BCUT2D eigenvalue weighted by Crippen LogP contribution is -2.53. The van der Waals surface area contributed by atoms with Crippen LogP contribution < -0.4 is 10.1 Å². The van der Waals surface area contributed by atoms with E-state index in [-0.39, 0.29) is 17.5 Å². The van der Waals surface area contributed by atoms with Crippen LogP contribution in [0, 0.1) is 12.7 Å². The molecule has 1 fully saturated rings. The Kier molecular flexibility index (Phi) is 7.06. The summed E-state index contributed by atoms with van der Waals surface area (Å²) in [5.74, 6) is -0.112. The molecule has 0 spiro atoms. The van der Waals surface area contributed by atoms with E-state index in [4.69, 9.17) is 4.74 Å². The van der Waals surface area contributed by atoms with Crippen molar-refractivity contribution in [3.8, 4) is 5.88 Å². The number of anilines is 1. The van der Waals surface area contributed by atoms with E-state index in [1.54, 1.807) is 18.7 Å². The van der Waals surface area contributed by atoms with Gasteiger partial charge in [-0.3, -0.25) is 0 Å². The zero-order valence-electron chi connectivity index (χ0n) is 19.9. The molecule has 1 unspecified atom stereocenters. The summed E-state index contributed by atoms with van der Waals surface area (Å²) in [5.41, 5.74) is -0.0878. The molecule has 11 heteroatoms. The maximum Gasteiger partial charge on any atom is 0.416 e. The van der Waals surface area contributed by atoms with E-state index in [1.165, 1.54) is 24.4 Å². The van der Waals surface area contributed by atoms with Gasteiger partial charge in [-0.2, -0.15) is 0 Å². The number of halogens is 3. The highest BCUT2D eigenvalue weighted by atomic mass is 19.3. The van der Waals surface area contributed by atoms with Crippen molar-refractivity contribution in [3.63, 3.8) is 0 Å². The number of likely N-dealkylation sites (N-methyl/N-ethyl adjacent to an activating group) is 1. The fourth-order valence-corrected chi connectivity index (χ4v) is 4.21. The van der Waals surface area contributed by atoms with Gasteiger partial charge >= 0.3 is 6.09 Å². The normalized spacial score (nSPS) is 17.6. The first-order valence-corrected chi connectivity index (χ1v) is 11.3. The summed E-state index contributed by atoms with van der Waals surface area (Å²) < 4.78 is 46.5. The predicted molar refractivity (Wildman–Crippen MR) is 125 cm³/mol. The van der Waals surface area contributed by atoms with Crippen LogP contribution in [-0.4, -0.2) is 63.6 Å². The van der Waals surface area contributed by atoms with E-state index in [9.17, 15) is 18.0 Å². The summed E-state index contributed by atoms with van der Waals surface area (Å²) in [4.78, 5) is 29.5. The average molecular weight is 489 g/mol. The molecule has 2 atom stereocenters. The summed E-state index contributed by atoms with van der Waals surface area (Å²) in [6, 6.07) is 4.74. The van der Waals surface area contributed by atoms with E-state index in [0.717, 1.165) is 19.2 Å². The predicted octanol–water partition coefficient (Wildman–Crippen LogP) is 4.72. The number of ether oxygens (including phenoxy) is 1. The molecule has 1 saturated heterocycles. The number of alkyl halides is 2. The molecule has 0 radical (unpaired) electrons. The number of rotatable bonds is 5. The Morgan fingerprint density at radius 3 is 2.69 bits per heavy atom. The SMILES string of the molecule is Cc1nc(N[C@H](C)c2cccc(C(F)F)c2F)c2cc(OC(=O)N3CCN(C)CC3C)ncc2n1. The van der Waals surface area contributed by atoms with Gasteiger partial charge in [0.1, 0.15) is 17.5 Å². The molecule has 0 aliphatic carbocycles. The molecule has 1 amide bonds. The summed E-state index contributed by atoms with van der Waals surface area (Å²) in [6.45, 7) is 7.31. The number of hydrogen-bond donors (Lipinski definition) is 1. The van der Waals surface area contributed by atoms with Crippen LogP contribution in [0.1, 0.15) is 43.3 Å². The second-order valence-corrected chi connectivity index (χ2v) is 8.75. The van der Waals surface area contributed by atoms with Gasteiger partial charge in [-0.05, 0) is 27.8 Å². The summed E-state index contributed by atoms with van der Waals surface area (Å²) in [5, 5.41) is 3.58. The minimum Gasteiger partial charge on any atom is -0.391 e. The monoisotopic (exact) mass is 488 g/mol. The highest BCUT2D eigenvalue weighted by Gasteiger charge is 2.28. The van der Waals surface area contributed by atoms with Crippen LogP contribution in [0.4, 0.5) is 23.8 Å². The fraction of sp³-hybridized carbons (Fsp3) is 0.417. The molecule has 1 aliphatic rings. The van der Waals surface area contributed by atoms with Crippen LogP contribution >= 0.6 is 0 Å². The van der Waals surface area contributed by atoms with Crippen molar-refractivity contribution in [3.05, 3.63) is 53.2 Å². The van der Waals surface area contributed by atoms with Gasteiger partial charge in [-0.15, -0.1) is 0 Å². The Morgan fingerprint density at radius 2 is 1.97 bits per heavy atom. The van der Waals surface area contributed by atoms with Gasteiger partial charge in [0.2, 0.25) is 5.88 Å². The van der Waals surface area contributed by atoms with Gasteiger partial charge in [0.05, 0.1) is 23.3 Å². The molecular weight excluding hydrogens is 461 g/mol. The average Bonchev–Trinajstić information content (AvgIpc) is 2.79. The number of pyridine rings is 1. The molecule has 8 nitrogen and oxygen atoms in total. The van der Waals surface area contributed by atoms with Crippen molar-refractivity contribution >= 4 is 22.8 Å². The van der Waals surface area contributed by atoms with Crippen LogP contribution in [0.15, 0.2) is 30.5 Å². The zero-order valence-corrected chi connectivity index (χ0v) is 19.9. The lowest BCUT2D eigenvalue weighted by Gasteiger charge is -2.37. The van der Waals surface area contributed by atoms with Gasteiger partial charge in [0.25, 0.3) is 6.43 Å². The number of fused-ring (bicyclic) bond motifs is 1. The van der Waals surface area contributed by atoms with Crippen molar-refractivity contribution in [1.82, 2.24) is 24.8 Å². The smallest absolute Gasteiger partial charge is 0.391 e. The lowest BCUT2D eigenvalue weighted by atomic mass is 10.0. The van der Waals surface area contributed by atoms with Gasteiger partial charge in [0.15, 0.2) is 0 Å². The fourth-order valence-electron chi connectivity index (χ4n) is 4.21. The van der Waals surface area contributed by atoms with Crippen LogP contribution in [0.3, 0.4) is 0 Å². The minimum absolute atomic E-state index is 0.00957. The van der Waals surface area contributed by atoms with Gasteiger partial charge in [-0.1, -0.05) is 18.2 Å². The van der Waals surface area contributed by atoms with E-state index in [1.807, 2.05) is 14.0 Å². The number of nitrogens with zero attached hydrogens (tertiary/aromatic N) is 5.